The topological polar surface area (TPSA) is 44.6 Å². The van der Waals surface area contributed by atoms with Crippen LogP contribution in [-0.2, 0) is 17.5 Å². The van der Waals surface area contributed by atoms with Gasteiger partial charge in [0, 0.05) is 57.2 Å². The molecule has 168 valence electrons. The van der Waals surface area contributed by atoms with Crippen LogP contribution in [0.25, 0.3) is 0 Å². The lowest BCUT2D eigenvalue weighted by Gasteiger charge is -2.44. The van der Waals surface area contributed by atoms with Gasteiger partial charge in [-0.15, -0.1) is 0 Å². The fraction of sp³-hybridized carbons (Fsp3) is 0.545. The van der Waals surface area contributed by atoms with E-state index in [0.29, 0.717) is 31.4 Å². The lowest BCUT2D eigenvalue weighted by atomic mass is 10.0. The Balaban J connectivity index is 1.32. The lowest BCUT2D eigenvalue weighted by molar-refractivity contribution is -0.137. The van der Waals surface area contributed by atoms with E-state index in [2.05, 4.69) is 10.00 Å². The Morgan fingerprint density at radius 1 is 1.13 bits per heavy atom. The second kappa shape index (κ2) is 8.90. The molecule has 2 aliphatic rings. The van der Waals surface area contributed by atoms with E-state index in [-0.39, 0.29) is 12.5 Å². The predicted molar refractivity (Wildman–Crippen MR) is 112 cm³/mol. The molecule has 2 fully saturated rings. The van der Waals surface area contributed by atoms with E-state index in [4.69, 9.17) is 0 Å². The second-order valence-electron chi connectivity index (χ2n) is 8.36. The third kappa shape index (κ3) is 5.20. The highest BCUT2D eigenvalue weighted by Gasteiger charge is 2.32. The number of aromatic nitrogens is 2. The maximum Gasteiger partial charge on any atom is 0.416 e. The van der Waals surface area contributed by atoms with Gasteiger partial charge in [-0.2, -0.15) is 18.3 Å². The van der Waals surface area contributed by atoms with Crippen molar-refractivity contribution >= 4 is 11.6 Å². The average molecular weight is 435 g/mol. The Morgan fingerprint density at radius 3 is 2.58 bits per heavy atom. The molecule has 0 unspecified atom stereocenters. The maximum absolute atomic E-state index is 13.0. The molecule has 6 nitrogen and oxygen atoms in total. The van der Waals surface area contributed by atoms with Crippen molar-refractivity contribution in [2.75, 3.05) is 44.2 Å². The predicted octanol–water partition coefficient (Wildman–Crippen LogP) is 3.02. The summed E-state index contributed by atoms with van der Waals surface area (Å²) in [6.07, 6.45) is -0.511. The zero-order chi connectivity index (χ0) is 22.0. The number of nitrogens with zero attached hydrogens (tertiary/aromatic N) is 5. The van der Waals surface area contributed by atoms with Crippen molar-refractivity contribution in [2.24, 2.45) is 0 Å². The summed E-state index contributed by atoms with van der Waals surface area (Å²) >= 11 is 0. The van der Waals surface area contributed by atoms with E-state index < -0.39 is 11.7 Å². The summed E-state index contributed by atoms with van der Waals surface area (Å²) in [5.41, 5.74) is 0.897. The van der Waals surface area contributed by atoms with Crippen LogP contribution in [0.1, 0.15) is 24.1 Å². The molecular weight excluding hydrogens is 407 g/mol. The van der Waals surface area contributed by atoms with E-state index in [1.165, 1.54) is 12.1 Å². The fourth-order valence-electron chi connectivity index (χ4n) is 4.49. The van der Waals surface area contributed by atoms with Crippen LogP contribution in [0.2, 0.25) is 0 Å². The molecule has 31 heavy (non-hydrogen) atoms. The van der Waals surface area contributed by atoms with Crippen LogP contribution in [0.3, 0.4) is 0 Å². The molecule has 1 aromatic carbocycles. The van der Waals surface area contributed by atoms with Crippen LogP contribution in [-0.4, -0.2) is 70.8 Å². The monoisotopic (exact) mass is 435 g/mol. The first-order valence-corrected chi connectivity index (χ1v) is 10.7. The molecule has 0 radical (unpaired) electrons. The lowest BCUT2D eigenvalue weighted by Crippen LogP contribution is -2.56. The first-order chi connectivity index (χ1) is 14.8. The summed E-state index contributed by atoms with van der Waals surface area (Å²) in [6, 6.07) is 7.72. The summed E-state index contributed by atoms with van der Waals surface area (Å²) < 4.78 is 40.7. The molecule has 2 saturated heterocycles. The van der Waals surface area contributed by atoms with Gasteiger partial charge in [-0.3, -0.25) is 14.4 Å². The number of rotatable bonds is 4. The van der Waals surface area contributed by atoms with Gasteiger partial charge in [-0.05, 0) is 44.0 Å². The number of benzene rings is 1. The van der Waals surface area contributed by atoms with E-state index in [1.807, 2.05) is 29.0 Å². The van der Waals surface area contributed by atoms with E-state index in [9.17, 15) is 18.0 Å². The standard InChI is InChI=1S/C22H28F3N5O/c1-17-7-9-30(26-17)16-21(31)29-8-3-6-20(15-29)28-12-10-27(11-13-28)19-5-2-4-18(14-19)22(23,24)25/h2,4-5,7,9,14,20H,3,6,8,10-13,15-16H2,1H3/t20-/m0/s1. The number of likely N-dealkylation sites (tertiary alicyclic amines) is 1. The number of anilines is 1. The third-order valence-electron chi connectivity index (χ3n) is 6.19. The smallest absolute Gasteiger partial charge is 0.369 e. The van der Waals surface area contributed by atoms with Crippen molar-refractivity contribution in [3.05, 3.63) is 47.8 Å². The van der Waals surface area contributed by atoms with Gasteiger partial charge in [0.05, 0.1) is 11.3 Å². The maximum atomic E-state index is 13.0. The van der Waals surface area contributed by atoms with Crippen molar-refractivity contribution in [1.82, 2.24) is 19.6 Å². The quantitative estimate of drug-likeness (QED) is 0.741. The molecule has 0 bridgehead atoms. The number of piperidine rings is 1. The zero-order valence-corrected chi connectivity index (χ0v) is 17.7. The Hall–Kier alpha value is -2.55. The SMILES string of the molecule is Cc1ccn(CC(=O)N2CCC[C@H](N3CCN(c4cccc(C(F)(F)F)c4)CC3)C2)n1. The minimum Gasteiger partial charge on any atom is -0.369 e. The molecule has 0 N–H and O–H groups in total. The first kappa shape index (κ1) is 21.7. The van der Waals surface area contributed by atoms with Crippen molar-refractivity contribution in [3.63, 3.8) is 0 Å². The molecule has 9 heteroatoms. The van der Waals surface area contributed by atoms with Gasteiger partial charge in [0.2, 0.25) is 5.91 Å². The Morgan fingerprint density at radius 2 is 1.90 bits per heavy atom. The Kier molecular flexibility index (Phi) is 6.22. The fourth-order valence-corrected chi connectivity index (χ4v) is 4.49. The van der Waals surface area contributed by atoms with E-state index in [1.54, 1.807) is 10.7 Å². The van der Waals surface area contributed by atoms with Gasteiger partial charge in [0.15, 0.2) is 0 Å². The number of amides is 1. The second-order valence-corrected chi connectivity index (χ2v) is 8.36. The molecule has 1 atom stereocenters. The molecule has 1 aromatic heterocycles. The highest BCUT2D eigenvalue weighted by Crippen LogP contribution is 2.32. The summed E-state index contributed by atoms with van der Waals surface area (Å²) in [4.78, 5) is 19.0. The third-order valence-corrected chi connectivity index (χ3v) is 6.19. The molecule has 2 aromatic rings. The van der Waals surface area contributed by atoms with Gasteiger partial charge >= 0.3 is 6.18 Å². The number of halogens is 3. The van der Waals surface area contributed by atoms with Crippen LogP contribution in [0.4, 0.5) is 18.9 Å². The summed E-state index contributed by atoms with van der Waals surface area (Å²) in [5, 5.41) is 4.30. The average Bonchev–Trinajstić information content (AvgIpc) is 3.18. The van der Waals surface area contributed by atoms with Gasteiger partial charge in [0.1, 0.15) is 6.54 Å². The molecule has 3 heterocycles. The first-order valence-electron chi connectivity index (χ1n) is 10.7. The minimum absolute atomic E-state index is 0.0791. The molecule has 4 rings (SSSR count). The molecule has 0 aliphatic carbocycles. The van der Waals surface area contributed by atoms with Gasteiger partial charge in [0.25, 0.3) is 0 Å². The summed E-state index contributed by atoms with van der Waals surface area (Å²) in [6.45, 7) is 6.53. The normalized spacial score (nSPS) is 20.8. The Labute approximate surface area is 180 Å². The van der Waals surface area contributed by atoms with Crippen molar-refractivity contribution in [1.29, 1.82) is 0 Å². The zero-order valence-electron chi connectivity index (χ0n) is 17.7. The van der Waals surface area contributed by atoms with Crippen LogP contribution < -0.4 is 4.90 Å². The molecule has 0 saturated carbocycles. The summed E-state index contributed by atoms with van der Waals surface area (Å²) in [5.74, 6) is 0.0791. The number of piperazine rings is 1. The molecule has 2 aliphatic heterocycles. The van der Waals surface area contributed by atoms with Crippen LogP contribution in [0.5, 0.6) is 0 Å². The number of hydrogen-bond acceptors (Lipinski definition) is 4. The summed E-state index contributed by atoms with van der Waals surface area (Å²) in [7, 11) is 0. The number of aryl methyl sites for hydroxylation is 1. The van der Waals surface area contributed by atoms with Gasteiger partial charge in [-0.1, -0.05) is 6.07 Å². The Bertz CT molecular complexity index is 905. The molecule has 1 amide bonds. The van der Waals surface area contributed by atoms with Crippen molar-refractivity contribution in [3.8, 4) is 0 Å². The van der Waals surface area contributed by atoms with Crippen molar-refractivity contribution in [2.45, 2.75) is 38.5 Å². The highest BCUT2D eigenvalue weighted by atomic mass is 19.4. The highest BCUT2D eigenvalue weighted by molar-refractivity contribution is 5.76. The van der Waals surface area contributed by atoms with Crippen LogP contribution in [0.15, 0.2) is 36.5 Å². The largest absolute Gasteiger partial charge is 0.416 e. The van der Waals surface area contributed by atoms with Crippen molar-refractivity contribution < 1.29 is 18.0 Å². The number of alkyl halides is 3. The van der Waals surface area contributed by atoms with Gasteiger partial charge < -0.3 is 9.80 Å². The minimum atomic E-state index is -4.33. The number of hydrogen-bond donors (Lipinski definition) is 0. The van der Waals surface area contributed by atoms with Crippen LogP contribution >= 0.6 is 0 Å². The van der Waals surface area contributed by atoms with E-state index in [0.717, 1.165) is 44.2 Å². The van der Waals surface area contributed by atoms with Gasteiger partial charge in [-0.25, -0.2) is 0 Å². The molecule has 0 spiro atoms. The number of carbonyl (C=O) groups excluding carboxylic acids is 1. The molecular formula is C22H28F3N5O. The number of carbonyl (C=O) groups is 1. The van der Waals surface area contributed by atoms with E-state index >= 15 is 0 Å². The van der Waals surface area contributed by atoms with Crippen LogP contribution in [0, 0.1) is 6.92 Å².